The van der Waals surface area contributed by atoms with Gasteiger partial charge in [0.1, 0.15) is 5.82 Å². The zero-order valence-electron chi connectivity index (χ0n) is 8.20. The van der Waals surface area contributed by atoms with Crippen LogP contribution in [0.4, 0.5) is 5.82 Å². The van der Waals surface area contributed by atoms with Gasteiger partial charge in [-0.05, 0) is 6.07 Å². The number of nitrogens with zero attached hydrogens (tertiary/aromatic N) is 2. The standard InChI is InChI=1S/C9H11Cl2N3S/c1-14(3-2-8(12)15)9-7(11)4-6(10)5-13-9/h4-5H,2-3H2,1H3,(H2,12,15). The third-order valence-corrected chi connectivity index (χ3v) is 2.53. The Bertz CT molecular complexity index is 370. The van der Waals surface area contributed by atoms with Crippen LogP contribution in [-0.4, -0.2) is 23.6 Å². The van der Waals surface area contributed by atoms with Gasteiger partial charge in [-0.25, -0.2) is 4.98 Å². The van der Waals surface area contributed by atoms with Crippen LogP contribution in [0.2, 0.25) is 10.0 Å². The molecule has 1 rings (SSSR count). The lowest BCUT2D eigenvalue weighted by atomic mass is 10.3. The van der Waals surface area contributed by atoms with Crippen LogP contribution < -0.4 is 10.6 Å². The molecule has 1 aromatic heterocycles. The zero-order valence-corrected chi connectivity index (χ0v) is 10.5. The first kappa shape index (κ1) is 12.5. The third-order valence-electron chi connectivity index (χ3n) is 1.84. The Labute approximate surface area is 104 Å². The van der Waals surface area contributed by atoms with Crippen molar-refractivity contribution in [3.8, 4) is 0 Å². The Hall–Kier alpha value is -0.580. The molecule has 2 N–H and O–H groups in total. The number of rotatable bonds is 4. The molecule has 0 saturated carbocycles. The second kappa shape index (κ2) is 5.49. The number of halogens is 2. The molecule has 0 unspecified atom stereocenters. The van der Waals surface area contributed by atoms with Crippen molar-refractivity contribution in [3.05, 3.63) is 22.3 Å². The summed E-state index contributed by atoms with van der Waals surface area (Å²) < 4.78 is 0. The third kappa shape index (κ3) is 3.81. The number of aromatic nitrogens is 1. The Morgan fingerprint density at radius 1 is 1.60 bits per heavy atom. The first-order chi connectivity index (χ1) is 7.00. The summed E-state index contributed by atoms with van der Waals surface area (Å²) in [6, 6.07) is 1.66. The lowest BCUT2D eigenvalue weighted by molar-refractivity contribution is 0.899. The quantitative estimate of drug-likeness (QED) is 0.848. The first-order valence-electron chi connectivity index (χ1n) is 4.31. The molecule has 1 aromatic rings. The molecule has 0 aromatic carbocycles. The lowest BCUT2D eigenvalue weighted by Crippen LogP contribution is -2.24. The maximum absolute atomic E-state index is 5.99. The van der Waals surface area contributed by atoms with Crippen LogP contribution in [0.25, 0.3) is 0 Å². The average Bonchev–Trinajstić information content (AvgIpc) is 2.14. The second-order valence-electron chi connectivity index (χ2n) is 3.10. The van der Waals surface area contributed by atoms with E-state index in [9.17, 15) is 0 Å². The van der Waals surface area contributed by atoms with Gasteiger partial charge in [-0.2, -0.15) is 0 Å². The van der Waals surface area contributed by atoms with Gasteiger partial charge in [0.25, 0.3) is 0 Å². The van der Waals surface area contributed by atoms with E-state index in [2.05, 4.69) is 4.98 Å². The van der Waals surface area contributed by atoms with Crippen LogP contribution in [0.3, 0.4) is 0 Å². The molecule has 15 heavy (non-hydrogen) atoms. The summed E-state index contributed by atoms with van der Waals surface area (Å²) >= 11 is 16.5. The van der Waals surface area contributed by atoms with Crippen molar-refractivity contribution in [2.24, 2.45) is 5.73 Å². The summed E-state index contributed by atoms with van der Waals surface area (Å²) in [5.41, 5.74) is 5.41. The van der Waals surface area contributed by atoms with E-state index < -0.39 is 0 Å². The molecule has 0 fully saturated rings. The van der Waals surface area contributed by atoms with Crippen molar-refractivity contribution >= 4 is 46.2 Å². The fourth-order valence-electron chi connectivity index (χ4n) is 1.07. The van der Waals surface area contributed by atoms with Gasteiger partial charge in [-0.3, -0.25) is 0 Å². The maximum Gasteiger partial charge on any atom is 0.147 e. The van der Waals surface area contributed by atoms with Crippen molar-refractivity contribution in [3.63, 3.8) is 0 Å². The summed E-state index contributed by atoms with van der Waals surface area (Å²) in [6.45, 7) is 0.684. The van der Waals surface area contributed by atoms with Gasteiger partial charge in [0.2, 0.25) is 0 Å². The minimum atomic E-state index is 0.479. The van der Waals surface area contributed by atoms with Gasteiger partial charge in [0.05, 0.1) is 15.0 Å². The van der Waals surface area contributed by atoms with Gasteiger partial charge in [-0.15, -0.1) is 0 Å². The minimum Gasteiger partial charge on any atom is -0.393 e. The van der Waals surface area contributed by atoms with Gasteiger partial charge < -0.3 is 10.6 Å². The van der Waals surface area contributed by atoms with E-state index in [1.54, 1.807) is 12.3 Å². The monoisotopic (exact) mass is 263 g/mol. The van der Waals surface area contributed by atoms with Crippen LogP contribution in [0, 0.1) is 0 Å². The highest BCUT2D eigenvalue weighted by atomic mass is 35.5. The van der Waals surface area contributed by atoms with Crippen LogP contribution >= 0.6 is 35.4 Å². The normalized spacial score (nSPS) is 10.1. The van der Waals surface area contributed by atoms with E-state index in [-0.39, 0.29) is 0 Å². The molecule has 0 spiro atoms. The van der Waals surface area contributed by atoms with E-state index in [1.807, 2.05) is 11.9 Å². The number of anilines is 1. The van der Waals surface area contributed by atoms with E-state index in [4.69, 9.17) is 41.2 Å². The molecule has 0 saturated heterocycles. The van der Waals surface area contributed by atoms with E-state index in [0.717, 1.165) is 0 Å². The summed E-state index contributed by atoms with van der Waals surface area (Å²) in [5, 5.41) is 1.04. The molecule has 3 nitrogen and oxygen atoms in total. The predicted octanol–water partition coefficient (Wildman–Crippen LogP) is 2.50. The molecule has 0 aliphatic heterocycles. The van der Waals surface area contributed by atoms with Crippen LogP contribution in [0.15, 0.2) is 12.3 Å². The minimum absolute atomic E-state index is 0.479. The summed E-state index contributed by atoms with van der Waals surface area (Å²) in [4.78, 5) is 6.50. The lowest BCUT2D eigenvalue weighted by Gasteiger charge is -2.18. The van der Waals surface area contributed by atoms with E-state index in [1.165, 1.54) is 0 Å². The number of hydrogen-bond acceptors (Lipinski definition) is 3. The average molecular weight is 264 g/mol. The smallest absolute Gasteiger partial charge is 0.147 e. The number of thiocarbonyl (C=S) groups is 1. The van der Waals surface area contributed by atoms with Crippen LogP contribution in [0.5, 0.6) is 0 Å². The molecular formula is C9H11Cl2N3S. The molecule has 1 heterocycles. The first-order valence-corrected chi connectivity index (χ1v) is 5.47. The van der Waals surface area contributed by atoms with Crippen molar-refractivity contribution < 1.29 is 0 Å². The van der Waals surface area contributed by atoms with Gasteiger partial charge in [-0.1, -0.05) is 35.4 Å². The number of pyridine rings is 1. The number of nitrogens with two attached hydrogens (primary N) is 1. The van der Waals surface area contributed by atoms with Gasteiger partial charge in [0.15, 0.2) is 0 Å². The largest absolute Gasteiger partial charge is 0.393 e. The molecule has 0 bridgehead atoms. The highest BCUT2D eigenvalue weighted by Gasteiger charge is 2.08. The van der Waals surface area contributed by atoms with Gasteiger partial charge in [0, 0.05) is 26.2 Å². The molecule has 0 atom stereocenters. The summed E-state index contributed by atoms with van der Waals surface area (Å²) in [5.74, 6) is 0.678. The van der Waals surface area contributed by atoms with Gasteiger partial charge >= 0.3 is 0 Å². The Kier molecular flexibility index (Phi) is 4.57. The molecule has 0 aliphatic rings. The molecule has 0 radical (unpaired) electrons. The van der Waals surface area contributed by atoms with E-state index >= 15 is 0 Å². The van der Waals surface area contributed by atoms with Crippen molar-refractivity contribution in [1.29, 1.82) is 0 Å². The highest BCUT2D eigenvalue weighted by molar-refractivity contribution is 7.80. The molecule has 0 amide bonds. The van der Waals surface area contributed by atoms with Crippen molar-refractivity contribution in [2.45, 2.75) is 6.42 Å². The Balaban J connectivity index is 2.73. The molecular weight excluding hydrogens is 253 g/mol. The molecule has 0 aliphatic carbocycles. The van der Waals surface area contributed by atoms with Crippen LogP contribution in [0.1, 0.15) is 6.42 Å². The maximum atomic E-state index is 5.99. The predicted molar refractivity (Wildman–Crippen MR) is 68.9 cm³/mol. The Morgan fingerprint density at radius 3 is 2.80 bits per heavy atom. The fourth-order valence-corrected chi connectivity index (χ4v) is 1.69. The van der Waals surface area contributed by atoms with Crippen LogP contribution in [-0.2, 0) is 0 Å². The Morgan fingerprint density at radius 2 is 2.27 bits per heavy atom. The van der Waals surface area contributed by atoms with Crippen molar-refractivity contribution in [2.75, 3.05) is 18.5 Å². The number of hydrogen-bond donors (Lipinski definition) is 1. The topological polar surface area (TPSA) is 42.1 Å². The molecule has 82 valence electrons. The second-order valence-corrected chi connectivity index (χ2v) is 4.46. The SMILES string of the molecule is CN(CCC(N)=S)c1ncc(Cl)cc1Cl. The summed E-state index contributed by atoms with van der Waals surface area (Å²) in [7, 11) is 1.88. The fraction of sp³-hybridized carbons (Fsp3) is 0.333. The van der Waals surface area contributed by atoms with E-state index in [0.29, 0.717) is 33.8 Å². The molecule has 6 heteroatoms. The zero-order chi connectivity index (χ0) is 11.4. The highest BCUT2D eigenvalue weighted by Crippen LogP contribution is 2.25. The van der Waals surface area contributed by atoms with Crippen molar-refractivity contribution in [1.82, 2.24) is 4.98 Å². The summed E-state index contributed by atoms with van der Waals surface area (Å²) in [6.07, 6.45) is 2.19.